The van der Waals surface area contributed by atoms with Gasteiger partial charge in [0, 0.05) is 31.7 Å². The zero-order chi connectivity index (χ0) is 15.0. The van der Waals surface area contributed by atoms with Crippen molar-refractivity contribution in [2.75, 3.05) is 39.9 Å². The summed E-state index contributed by atoms with van der Waals surface area (Å²) in [5.74, 6) is 0.733. The normalized spacial score (nSPS) is 19.2. The molecule has 0 aromatic carbocycles. The molecule has 1 fully saturated rings. The standard InChI is InChI=1S/C17H36N2O/c1-6-16(7-2)19(12-15(3)4)13-17(14-20-5)8-10-18-11-9-17/h15-16,18H,6-14H2,1-5H3. The van der Waals surface area contributed by atoms with Crippen LogP contribution in [0.4, 0.5) is 0 Å². The van der Waals surface area contributed by atoms with Gasteiger partial charge >= 0.3 is 0 Å². The van der Waals surface area contributed by atoms with Crippen LogP contribution in [-0.4, -0.2) is 50.8 Å². The van der Waals surface area contributed by atoms with E-state index >= 15 is 0 Å². The van der Waals surface area contributed by atoms with Gasteiger partial charge in [0.1, 0.15) is 0 Å². The number of nitrogens with zero attached hydrogens (tertiary/aromatic N) is 1. The van der Waals surface area contributed by atoms with Gasteiger partial charge in [0.05, 0.1) is 6.61 Å². The van der Waals surface area contributed by atoms with Gasteiger partial charge in [-0.1, -0.05) is 27.7 Å². The molecular formula is C17H36N2O. The first-order valence-corrected chi connectivity index (χ1v) is 8.50. The van der Waals surface area contributed by atoms with Crippen molar-refractivity contribution in [1.29, 1.82) is 0 Å². The molecule has 0 bridgehead atoms. The van der Waals surface area contributed by atoms with Crippen LogP contribution in [0, 0.1) is 11.3 Å². The zero-order valence-corrected chi connectivity index (χ0v) is 14.4. The molecule has 0 aliphatic carbocycles. The Bertz CT molecular complexity index is 240. The Balaban J connectivity index is 2.77. The second-order valence-electron chi connectivity index (χ2n) is 6.98. The van der Waals surface area contributed by atoms with Gasteiger partial charge < -0.3 is 10.1 Å². The summed E-state index contributed by atoms with van der Waals surface area (Å²) in [6, 6.07) is 0.723. The Kier molecular flexibility index (Phi) is 8.08. The van der Waals surface area contributed by atoms with Gasteiger partial charge in [0.2, 0.25) is 0 Å². The molecule has 20 heavy (non-hydrogen) atoms. The number of hydrogen-bond acceptors (Lipinski definition) is 3. The number of piperidine rings is 1. The summed E-state index contributed by atoms with van der Waals surface area (Å²) in [5, 5.41) is 3.50. The lowest BCUT2D eigenvalue weighted by molar-refractivity contribution is 0.00538. The molecule has 0 radical (unpaired) electrons. The minimum absolute atomic E-state index is 0.359. The Hall–Kier alpha value is -0.120. The SMILES string of the molecule is CCC(CC)N(CC(C)C)CC1(COC)CCNCC1. The van der Waals surface area contributed by atoms with E-state index in [1.54, 1.807) is 0 Å². The number of hydrogen-bond donors (Lipinski definition) is 1. The number of rotatable bonds is 9. The van der Waals surface area contributed by atoms with Crippen molar-refractivity contribution >= 4 is 0 Å². The molecule has 120 valence electrons. The Morgan fingerprint density at radius 3 is 2.20 bits per heavy atom. The summed E-state index contributed by atoms with van der Waals surface area (Å²) in [6.45, 7) is 14.9. The third kappa shape index (κ3) is 5.34. The van der Waals surface area contributed by atoms with Crippen molar-refractivity contribution in [1.82, 2.24) is 10.2 Å². The van der Waals surface area contributed by atoms with Crippen LogP contribution in [0.1, 0.15) is 53.4 Å². The lowest BCUT2D eigenvalue weighted by atomic mass is 9.78. The highest BCUT2D eigenvalue weighted by Gasteiger charge is 2.35. The van der Waals surface area contributed by atoms with E-state index in [9.17, 15) is 0 Å². The van der Waals surface area contributed by atoms with Crippen LogP contribution >= 0.6 is 0 Å². The summed E-state index contributed by atoms with van der Waals surface area (Å²) < 4.78 is 5.58. The Morgan fingerprint density at radius 2 is 1.75 bits per heavy atom. The van der Waals surface area contributed by atoms with E-state index in [1.165, 1.54) is 38.8 Å². The molecule has 1 aliphatic rings. The molecule has 0 spiro atoms. The van der Waals surface area contributed by atoms with Gasteiger partial charge in [-0.3, -0.25) is 4.90 Å². The highest BCUT2D eigenvalue weighted by molar-refractivity contribution is 4.89. The molecule has 0 unspecified atom stereocenters. The highest BCUT2D eigenvalue weighted by Crippen LogP contribution is 2.32. The van der Waals surface area contributed by atoms with Crippen LogP contribution < -0.4 is 5.32 Å². The minimum atomic E-state index is 0.359. The smallest absolute Gasteiger partial charge is 0.0531 e. The predicted octanol–water partition coefficient (Wildman–Crippen LogP) is 3.15. The maximum atomic E-state index is 5.58. The average molecular weight is 284 g/mol. The summed E-state index contributed by atoms with van der Waals surface area (Å²) in [5.41, 5.74) is 0.359. The van der Waals surface area contributed by atoms with Crippen LogP contribution in [0.3, 0.4) is 0 Å². The third-order valence-corrected chi connectivity index (χ3v) is 4.71. The van der Waals surface area contributed by atoms with Crippen molar-refractivity contribution in [3.63, 3.8) is 0 Å². The molecule has 1 aliphatic heterocycles. The van der Waals surface area contributed by atoms with Gasteiger partial charge in [-0.25, -0.2) is 0 Å². The fourth-order valence-corrected chi connectivity index (χ4v) is 3.66. The quantitative estimate of drug-likeness (QED) is 0.704. The zero-order valence-electron chi connectivity index (χ0n) is 14.4. The molecule has 1 rings (SSSR count). The van der Waals surface area contributed by atoms with Crippen molar-refractivity contribution < 1.29 is 4.74 Å². The average Bonchev–Trinajstić information content (AvgIpc) is 2.40. The molecule has 3 heteroatoms. The van der Waals surface area contributed by atoms with E-state index in [2.05, 4.69) is 37.9 Å². The van der Waals surface area contributed by atoms with Gasteiger partial charge in [-0.2, -0.15) is 0 Å². The van der Waals surface area contributed by atoms with Crippen LogP contribution in [-0.2, 0) is 4.74 Å². The van der Waals surface area contributed by atoms with Crippen molar-refractivity contribution in [3.8, 4) is 0 Å². The van der Waals surface area contributed by atoms with Crippen LogP contribution in [0.15, 0.2) is 0 Å². The number of methoxy groups -OCH3 is 1. The predicted molar refractivity (Wildman–Crippen MR) is 87.2 cm³/mol. The maximum Gasteiger partial charge on any atom is 0.0531 e. The summed E-state index contributed by atoms with van der Waals surface area (Å²) in [6.07, 6.45) is 5.00. The third-order valence-electron chi connectivity index (χ3n) is 4.71. The van der Waals surface area contributed by atoms with Gasteiger partial charge in [-0.05, 0) is 44.7 Å². The first-order chi connectivity index (χ1) is 9.56. The lowest BCUT2D eigenvalue weighted by Crippen LogP contribution is -2.50. The number of nitrogens with one attached hydrogen (secondary N) is 1. The van der Waals surface area contributed by atoms with Crippen LogP contribution in [0.25, 0.3) is 0 Å². The first-order valence-electron chi connectivity index (χ1n) is 8.50. The molecule has 1 heterocycles. The summed E-state index contributed by atoms with van der Waals surface area (Å²) in [7, 11) is 1.85. The molecule has 0 amide bonds. The highest BCUT2D eigenvalue weighted by atomic mass is 16.5. The van der Waals surface area contributed by atoms with E-state index in [-0.39, 0.29) is 0 Å². The number of ether oxygens (including phenoxy) is 1. The molecular weight excluding hydrogens is 248 g/mol. The van der Waals surface area contributed by atoms with E-state index in [0.717, 1.165) is 31.7 Å². The van der Waals surface area contributed by atoms with Crippen LogP contribution in [0.5, 0.6) is 0 Å². The van der Waals surface area contributed by atoms with E-state index < -0.39 is 0 Å². The van der Waals surface area contributed by atoms with Gasteiger partial charge in [0.25, 0.3) is 0 Å². The lowest BCUT2D eigenvalue weighted by Gasteiger charge is -2.44. The fourth-order valence-electron chi connectivity index (χ4n) is 3.66. The molecule has 0 aromatic rings. The van der Waals surface area contributed by atoms with Gasteiger partial charge in [-0.15, -0.1) is 0 Å². The Morgan fingerprint density at radius 1 is 1.15 bits per heavy atom. The van der Waals surface area contributed by atoms with Crippen LogP contribution in [0.2, 0.25) is 0 Å². The largest absolute Gasteiger partial charge is 0.384 e. The van der Waals surface area contributed by atoms with Crippen molar-refractivity contribution in [3.05, 3.63) is 0 Å². The molecule has 3 nitrogen and oxygen atoms in total. The molecule has 0 atom stereocenters. The first kappa shape index (κ1) is 17.9. The second-order valence-corrected chi connectivity index (χ2v) is 6.98. The molecule has 1 N–H and O–H groups in total. The van der Waals surface area contributed by atoms with E-state index in [1.807, 2.05) is 7.11 Å². The monoisotopic (exact) mass is 284 g/mol. The van der Waals surface area contributed by atoms with Crippen molar-refractivity contribution in [2.45, 2.75) is 59.4 Å². The topological polar surface area (TPSA) is 24.5 Å². The molecule has 1 saturated heterocycles. The molecule has 0 saturated carbocycles. The van der Waals surface area contributed by atoms with E-state index in [4.69, 9.17) is 4.74 Å². The summed E-state index contributed by atoms with van der Waals surface area (Å²) in [4.78, 5) is 2.75. The fraction of sp³-hybridized carbons (Fsp3) is 1.00. The maximum absolute atomic E-state index is 5.58. The molecule has 0 aromatic heterocycles. The van der Waals surface area contributed by atoms with Crippen molar-refractivity contribution in [2.24, 2.45) is 11.3 Å². The van der Waals surface area contributed by atoms with Gasteiger partial charge in [0.15, 0.2) is 0 Å². The van der Waals surface area contributed by atoms with E-state index in [0.29, 0.717) is 5.41 Å². The minimum Gasteiger partial charge on any atom is -0.384 e. The Labute approximate surface area is 126 Å². The summed E-state index contributed by atoms with van der Waals surface area (Å²) >= 11 is 0. The second kappa shape index (κ2) is 9.01.